The van der Waals surface area contributed by atoms with Gasteiger partial charge in [-0.2, -0.15) is 0 Å². The number of hydrogen-bond acceptors (Lipinski definition) is 3. The Kier molecular flexibility index (Phi) is 4.79. The van der Waals surface area contributed by atoms with E-state index >= 15 is 0 Å². The second kappa shape index (κ2) is 6.76. The van der Waals surface area contributed by atoms with E-state index in [1.165, 1.54) is 19.2 Å². The molecule has 0 aliphatic heterocycles. The highest BCUT2D eigenvalue weighted by atomic mass is 35.5. The number of rotatable bonds is 3. The van der Waals surface area contributed by atoms with Crippen LogP contribution in [0.3, 0.4) is 0 Å². The van der Waals surface area contributed by atoms with E-state index in [1.807, 2.05) is 6.07 Å². The molecule has 21 heavy (non-hydrogen) atoms. The number of amides is 2. The van der Waals surface area contributed by atoms with Crippen LogP contribution in [0.15, 0.2) is 48.5 Å². The normalized spacial score (nSPS) is 9.81. The number of para-hydroxylation sites is 1. The van der Waals surface area contributed by atoms with Crippen LogP contribution >= 0.6 is 11.6 Å². The lowest BCUT2D eigenvalue weighted by Crippen LogP contribution is -2.20. The van der Waals surface area contributed by atoms with E-state index in [-0.39, 0.29) is 5.91 Å². The van der Waals surface area contributed by atoms with Gasteiger partial charge >= 0.3 is 6.09 Å². The van der Waals surface area contributed by atoms with Gasteiger partial charge in [0, 0.05) is 12.6 Å². The number of hydrogen-bond donors (Lipinski definition) is 2. The SMILES string of the molecule is CNC(=O)c1ccc(Cl)c(NC(=O)Oc2ccccc2)c1. The fourth-order valence-electron chi connectivity index (χ4n) is 1.64. The largest absolute Gasteiger partial charge is 0.417 e. The molecule has 0 aromatic heterocycles. The van der Waals surface area contributed by atoms with Gasteiger partial charge in [-0.05, 0) is 30.3 Å². The number of benzene rings is 2. The van der Waals surface area contributed by atoms with Crippen molar-refractivity contribution in [2.45, 2.75) is 0 Å². The van der Waals surface area contributed by atoms with Crippen LogP contribution in [0, 0.1) is 0 Å². The lowest BCUT2D eigenvalue weighted by atomic mass is 10.2. The number of anilines is 1. The molecule has 108 valence electrons. The van der Waals surface area contributed by atoms with Gasteiger partial charge in [0.2, 0.25) is 0 Å². The minimum atomic E-state index is -0.683. The minimum Gasteiger partial charge on any atom is -0.410 e. The first-order valence-corrected chi connectivity index (χ1v) is 6.53. The van der Waals surface area contributed by atoms with Gasteiger partial charge in [-0.15, -0.1) is 0 Å². The van der Waals surface area contributed by atoms with Crippen molar-refractivity contribution in [3.05, 3.63) is 59.1 Å². The summed E-state index contributed by atoms with van der Waals surface area (Å²) in [5.41, 5.74) is 0.690. The topological polar surface area (TPSA) is 67.4 Å². The molecule has 2 amide bonds. The quantitative estimate of drug-likeness (QED) is 0.914. The van der Waals surface area contributed by atoms with Crippen LogP contribution in [0.2, 0.25) is 5.02 Å². The summed E-state index contributed by atoms with van der Waals surface area (Å²) in [5, 5.41) is 5.31. The van der Waals surface area contributed by atoms with Gasteiger partial charge in [-0.3, -0.25) is 10.1 Å². The highest BCUT2D eigenvalue weighted by molar-refractivity contribution is 6.33. The van der Waals surface area contributed by atoms with Crippen LogP contribution < -0.4 is 15.4 Å². The monoisotopic (exact) mass is 304 g/mol. The van der Waals surface area contributed by atoms with E-state index in [2.05, 4.69) is 10.6 Å². The number of carbonyl (C=O) groups excluding carboxylic acids is 2. The van der Waals surface area contributed by atoms with Crippen molar-refractivity contribution in [3.8, 4) is 5.75 Å². The summed E-state index contributed by atoms with van der Waals surface area (Å²) in [7, 11) is 1.52. The summed E-state index contributed by atoms with van der Waals surface area (Å²) >= 11 is 5.99. The Morgan fingerprint density at radius 2 is 1.81 bits per heavy atom. The van der Waals surface area contributed by atoms with E-state index in [0.717, 1.165) is 0 Å². The molecule has 6 heteroatoms. The van der Waals surface area contributed by atoms with Crippen molar-refractivity contribution in [1.82, 2.24) is 5.32 Å². The molecular formula is C15H13ClN2O3. The molecule has 0 radical (unpaired) electrons. The van der Waals surface area contributed by atoms with Gasteiger partial charge in [0.25, 0.3) is 5.91 Å². The van der Waals surface area contributed by atoms with Crippen LogP contribution in [-0.4, -0.2) is 19.0 Å². The third-order valence-corrected chi connectivity index (χ3v) is 2.98. The van der Waals surface area contributed by atoms with Gasteiger partial charge in [-0.25, -0.2) is 4.79 Å². The summed E-state index contributed by atoms with van der Waals surface area (Å²) in [6.45, 7) is 0. The van der Waals surface area contributed by atoms with Crippen LogP contribution in [0.25, 0.3) is 0 Å². The average Bonchev–Trinajstić information content (AvgIpc) is 2.49. The fraction of sp³-hybridized carbons (Fsp3) is 0.0667. The molecule has 0 aliphatic carbocycles. The summed E-state index contributed by atoms with van der Waals surface area (Å²) < 4.78 is 5.09. The van der Waals surface area contributed by atoms with Crippen molar-refractivity contribution >= 4 is 29.3 Å². The Balaban J connectivity index is 2.11. The zero-order valence-electron chi connectivity index (χ0n) is 11.2. The second-order valence-electron chi connectivity index (χ2n) is 4.10. The van der Waals surface area contributed by atoms with Crippen molar-refractivity contribution in [2.75, 3.05) is 12.4 Å². The molecule has 2 aromatic rings. The zero-order chi connectivity index (χ0) is 15.2. The van der Waals surface area contributed by atoms with Crippen LogP contribution in [0.4, 0.5) is 10.5 Å². The molecule has 0 aliphatic rings. The number of halogens is 1. The molecular weight excluding hydrogens is 292 g/mol. The van der Waals surface area contributed by atoms with Gasteiger partial charge in [-0.1, -0.05) is 29.8 Å². The first kappa shape index (κ1) is 14.9. The molecule has 0 saturated heterocycles. The Hall–Kier alpha value is -2.53. The maximum absolute atomic E-state index is 11.8. The Labute approximate surface area is 126 Å². The van der Waals surface area contributed by atoms with E-state index in [1.54, 1.807) is 30.3 Å². The molecule has 0 heterocycles. The first-order chi connectivity index (χ1) is 10.1. The lowest BCUT2D eigenvalue weighted by molar-refractivity contribution is 0.0963. The standard InChI is InChI=1S/C15H13ClN2O3/c1-17-14(19)10-7-8-12(16)13(9-10)18-15(20)21-11-5-3-2-4-6-11/h2-9H,1H3,(H,17,19)(H,18,20). The van der Waals surface area contributed by atoms with E-state index in [9.17, 15) is 9.59 Å². The summed E-state index contributed by atoms with van der Waals surface area (Å²) in [6.07, 6.45) is -0.683. The predicted octanol–water partition coefficient (Wildman–Crippen LogP) is 3.31. The van der Waals surface area contributed by atoms with Gasteiger partial charge < -0.3 is 10.1 Å². The van der Waals surface area contributed by atoms with Crippen LogP contribution in [0.5, 0.6) is 5.75 Å². The lowest BCUT2D eigenvalue weighted by Gasteiger charge is -2.09. The Bertz CT molecular complexity index is 659. The molecule has 0 atom stereocenters. The number of carbonyl (C=O) groups is 2. The fourth-order valence-corrected chi connectivity index (χ4v) is 1.80. The molecule has 0 unspecified atom stereocenters. The molecule has 0 bridgehead atoms. The summed E-state index contributed by atoms with van der Waals surface area (Å²) in [5.74, 6) is 0.139. The first-order valence-electron chi connectivity index (χ1n) is 6.15. The second-order valence-corrected chi connectivity index (χ2v) is 4.51. The molecule has 2 rings (SSSR count). The molecule has 0 fully saturated rings. The van der Waals surface area contributed by atoms with E-state index in [4.69, 9.17) is 16.3 Å². The zero-order valence-corrected chi connectivity index (χ0v) is 12.0. The molecule has 0 spiro atoms. The molecule has 5 nitrogen and oxygen atoms in total. The number of nitrogens with one attached hydrogen (secondary N) is 2. The highest BCUT2D eigenvalue weighted by Crippen LogP contribution is 2.23. The van der Waals surface area contributed by atoms with Crippen LogP contribution in [0.1, 0.15) is 10.4 Å². The van der Waals surface area contributed by atoms with Crippen molar-refractivity contribution in [3.63, 3.8) is 0 Å². The minimum absolute atomic E-state index is 0.272. The van der Waals surface area contributed by atoms with Crippen molar-refractivity contribution in [1.29, 1.82) is 0 Å². The third kappa shape index (κ3) is 3.97. The molecule has 0 saturated carbocycles. The van der Waals surface area contributed by atoms with Crippen molar-refractivity contribution < 1.29 is 14.3 Å². The summed E-state index contributed by atoms with van der Waals surface area (Å²) in [6, 6.07) is 13.2. The van der Waals surface area contributed by atoms with E-state index in [0.29, 0.717) is 22.0 Å². The molecule has 2 aromatic carbocycles. The molecule has 2 N–H and O–H groups in total. The Morgan fingerprint density at radius 3 is 2.48 bits per heavy atom. The van der Waals surface area contributed by atoms with Crippen LogP contribution in [-0.2, 0) is 0 Å². The maximum Gasteiger partial charge on any atom is 0.417 e. The third-order valence-electron chi connectivity index (χ3n) is 2.65. The van der Waals surface area contributed by atoms with E-state index < -0.39 is 6.09 Å². The number of ether oxygens (including phenoxy) is 1. The highest BCUT2D eigenvalue weighted by Gasteiger charge is 2.11. The maximum atomic E-state index is 11.8. The van der Waals surface area contributed by atoms with Gasteiger partial charge in [0.1, 0.15) is 5.75 Å². The van der Waals surface area contributed by atoms with Gasteiger partial charge in [0.05, 0.1) is 10.7 Å². The summed E-state index contributed by atoms with van der Waals surface area (Å²) in [4.78, 5) is 23.3. The average molecular weight is 305 g/mol. The van der Waals surface area contributed by atoms with Crippen molar-refractivity contribution in [2.24, 2.45) is 0 Å². The smallest absolute Gasteiger partial charge is 0.410 e. The van der Waals surface area contributed by atoms with Gasteiger partial charge in [0.15, 0.2) is 0 Å². The Morgan fingerprint density at radius 1 is 1.10 bits per heavy atom. The predicted molar refractivity (Wildman–Crippen MR) is 80.9 cm³/mol.